The van der Waals surface area contributed by atoms with Gasteiger partial charge in [0.25, 0.3) is 5.91 Å². The summed E-state index contributed by atoms with van der Waals surface area (Å²) in [7, 11) is 0. The van der Waals surface area contributed by atoms with E-state index >= 15 is 0 Å². The Hall–Kier alpha value is -4.20. The predicted molar refractivity (Wildman–Crippen MR) is 171 cm³/mol. The fraction of sp³-hybridized carbons (Fsp3) is 0.444. The number of fused-ring (bicyclic) bond motifs is 1. The van der Waals surface area contributed by atoms with Gasteiger partial charge in [0.15, 0.2) is 0 Å². The van der Waals surface area contributed by atoms with Crippen LogP contribution in [-0.4, -0.2) is 57.2 Å². The Morgan fingerprint density at radius 2 is 1.43 bits per heavy atom. The Bertz CT molecular complexity index is 1430. The van der Waals surface area contributed by atoms with Crippen LogP contribution in [0.4, 0.5) is 9.59 Å². The van der Waals surface area contributed by atoms with Crippen molar-refractivity contribution in [2.75, 3.05) is 13.1 Å². The molecular formula is C36H45N3O5. The van der Waals surface area contributed by atoms with Crippen LogP contribution in [0.5, 0.6) is 0 Å². The summed E-state index contributed by atoms with van der Waals surface area (Å²) in [6.45, 7) is 13.9. The highest BCUT2D eigenvalue weighted by atomic mass is 16.6. The molecule has 1 aromatic heterocycles. The number of ether oxygens (including phenoxy) is 2. The van der Waals surface area contributed by atoms with Crippen molar-refractivity contribution >= 4 is 18.1 Å². The van der Waals surface area contributed by atoms with Crippen LogP contribution >= 0.6 is 0 Å². The minimum absolute atomic E-state index is 0.0347. The number of carbonyl (C=O) groups is 3. The molecule has 8 nitrogen and oxygen atoms in total. The van der Waals surface area contributed by atoms with Crippen LogP contribution in [0.3, 0.4) is 0 Å². The maximum absolute atomic E-state index is 13.1. The van der Waals surface area contributed by atoms with Gasteiger partial charge in [-0.25, -0.2) is 14.5 Å². The number of pyridine rings is 1. The molecule has 1 fully saturated rings. The minimum atomic E-state index is -0.752. The average Bonchev–Trinajstić information content (AvgIpc) is 3.57. The van der Waals surface area contributed by atoms with Gasteiger partial charge in [0.1, 0.15) is 11.2 Å². The number of aryl methyl sites for hydroxylation is 1. The van der Waals surface area contributed by atoms with Crippen molar-refractivity contribution < 1.29 is 23.9 Å². The van der Waals surface area contributed by atoms with E-state index in [0.717, 1.165) is 41.0 Å². The quantitative estimate of drug-likeness (QED) is 0.231. The van der Waals surface area contributed by atoms with Crippen molar-refractivity contribution in [3.05, 3.63) is 89.2 Å². The smallest absolute Gasteiger partial charge is 0.420 e. The lowest BCUT2D eigenvalue weighted by Gasteiger charge is -2.33. The molecule has 3 amide bonds. The summed E-state index contributed by atoms with van der Waals surface area (Å²) in [5.41, 5.74) is 4.78. The molecule has 0 radical (unpaired) electrons. The Balaban J connectivity index is 0.000000644. The molecule has 2 aromatic rings. The number of amides is 3. The monoisotopic (exact) mass is 599 g/mol. The normalized spacial score (nSPS) is 14.2. The van der Waals surface area contributed by atoms with E-state index in [0.29, 0.717) is 18.7 Å². The number of aromatic nitrogens is 1. The lowest BCUT2D eigenvalue weighted by molar-refractivity contribution is -0.000275. The first-order valence-electron chi connectivity index (χ1n) is 15.4. The van der Waals surface area contributed by atoms with E-state index in [9.17, 15) is 14.4 Å². The van der Waals surface area contributed by atoms with Gasteiger partial charge in [-0.15, -0.1) is 0 Å². The molecule has 1 saturated heterocycles. The highest BCUT2D eigenvalue weighted by molar-refractivity contribution is 5.95. The van der Waals surface area contributed by atoms with Crippen molar-refractivity contribution in [3.8, 4) is 11.1 Å². The van der Waals surface area contributed by atoms with E-state index in [4.69, 9.17) is 9.47 Å². The number of imide groups is 1. The van der Waals surface area contributed by atoms with Crippen molar-refractivity contribution in [2.24, 2.45) is 0 Å². The van der Waals surface area contributed by atoms with Crippen LogP contribution in [0.2, 0.25) is 0 Å². The third kappa shape index (κ3) is 9.15. The standard InChI is InChI=1S/C30H41N3O5.C6H4/c1-8-25-24(13-10-16-31-25)26(34)32-17-14-22(15-18-32)23-12-9-11-21(19-23)20-33(27(35)37-29(2,3)4)28(36)38-30(5,6)7;1-2-5-4-6(5)3-1/h9-13,16,19,22H,8,14-15,17-18,20H2,1-7H3;1-4H. The zero-order chi connectivity index (χ0) is 32.1. The molecule has 0 bridgehead atoms. The van der Waals surface area contributed by atoms with Gasteiger partial charge in [0, 0.05) is 19.3 Å². The van der Waals surface area contributed by atoms with E-state index < -0.39 is 23.4 Å². The summed E-state index contributed by atoms with van der Waals surface area (Å²) in [6.07, 6.45) is 2.62. The van der Waals surface area contributed by atoms with E-state index in [1.54, 1.807) is 47.7 Å². The number of likely N-dealkylation sites (tertiary alicyclic amines) is 1. The lowest BCUT2D eigenvalue weighted by atomic mass is 9.88. The first-order valence-corrected chi connectivity index (χ1v) is 15.4. The molecule has 1 aliphatic heterocycles. The summed E-state index contributed by atoms with van der Waals surface area (Å²) in [5.74, 6) is 0.308. The Morgan fingerprint density at radius 3 is 1.93 bits per heavy atom. The number of hydrogen-bond acceptors (Lipinski definition) is 6. The van der Waals surface area contributed by atoms with Crippen LogP contribution in [-0.2, 0) is 22.4 Å². The fourth-order valence-electron chi connectivity index (χ4n) is 5.14. The molecule has 0 spiro atoms. The minimum Gasteiger partial charge on any atom is -0.443 e. The molecule has 2 heterocycles. The first-order chi connectivity index (χ1) is 20.7. The van der Waals surface area contributed by atoms with Gasteiger partial charge in [0.2, 0.25) is 0 Å². The molecule has 0 unspecified atom stereocenters. The highest BCUT2D eigenvalue weighted by Crippen LogP contribution is 2.33. The van der Waals surface area contributed by atoms with Gasteiger partial charge in [-0.3, -0.25) is 9.78 Å². The SMILES string of the molecule is CCc1ncccc1C(=O)N1CCC(c2cccc(CN(C(=O)OC(C)(C)C)C(=O)OC(C)(C)C)c2)CC1.c1cc2cc-2c1. The number of hydrogen-bond donors (Lipinski definition) is 0. The number of nitrogens with zero attached hydrogens (tertiary/aromatic N) is 3. The molecule has 8 heteroatoms. The summed E-state index contributed by atoms with van der Waals surface area (Å²) >= 11 is 0. The van der Waals surface area contributed by atoms with Crippen LogP contribution < -0.4 is 0 Å². The van der Waals surface area contributed by atoms with E-state index in [-0.39, 0.29) is 18.4 Å². The number of piperidine rings is 1. The topological polar surface area (TPSA) is 89.0 Å². The van der Waals surface area contributed by atoms with Crippen molar-refractivity contribution in [1.29, 1.82) is 0 Å². The molecule has 0 N–H and O–H groups in total. The molecule has 0 saturated carbocycles. The van der Waals surface area contributed by atoms with E-state index in [1.807, 2.05) is 42.2 Å². The summed E-state index contributed by atoms with van der Waals surface area (Å²) in [4.78, 5) is 46.2. The van der Waals surface area contributed by atoms with Crippen LogP contribution in [0, 0.1) is 0 Å². The van der Waals surface area contributed by atoms with E-state index in [2.05, 4.69) is 35.3 Å². The Morgan fingerprint density at radius 1 is 0.841 bits per heavy atom. The van der Waals surface area contributed by atoms with Gasteiger partial charge >= 0.3 is 12.2 Å². The van der Waals surface area contributed by atoms with Crippen molar-refractivity contribution in [2.45, 2.75) is 91.4 Å². The van der Waals surface area contributed by atoms with Gasteiger partial charge in [-0.1, -0.05) is 49.4 Å². The number of rotatable bonds is 5. The van der Waals surface area contributed by atoms with E-state index in [1.165, 1.54) is 11.1 Å². The van der Waals surface area contributed by atoms with Gasteiger partial charge in [-0.05, 0) is 107 Å². The van der Waals surface area contributed by atoms with Gasteiger partial charge < -0.3 is 14.4 Å². The van der Waals surface area contributed by atoms with Crippen LogP contribution in [0.1, 0.15) is 94.4 Å². The van der Waals surface area contributed by atoms with Gasteiger partial charge in [-0.2, -0.15) is 0 Å². The predicted octanol–water partition coefficient (Wildman–Crippen LogP) is 8.00. The summed E-state index contributed by atoms with van der Waals surface area (Å²) in [6, 6.07) is 20.1. The molecule has 3 aliphatic rings. The fourth-order valence-corrected chi connectivity index (χ4v) is 5.14. The molecule has 0 atom stereocenters. The molecule has 234 valence electrons. The summed E-state index contributed by atoms with van der Waals surface area (Å²) < 4.78 is 11.0. The van der Waals surface area contributed by atoms with Crippen LogP contribution in [0.25, 0.3) is 11.1 Å². The van der Waals surface area contributed by atoms with Crippen molar-refractivity contribution in [1.82, 2.24) is 14.8 Å². The second kappa shape index (κ2) is 13.6. The lowest BCUT2D eigenvalue weighted by Crippen LogP contribution is -2.43. The zero-order valence-corrected chi connectivity index (χ0v) is 27.1. The molecular weight excluding hydrogens is 554 g/mol. The van der Waals surface area contributed by atoms with Crippen LogP contribution in [0.15, 0.2) is 66.9 Å². The first kappa shape index (κ1) is 32.7. The van der Waals surface area contributed by atoms with Crippen molar-refractivity contribution in [3.63, 3.8) is 0 Å². The highest BCUT2D eigenvalue weighted by Gasteiger charge is 2.32. The number of benzene rings is 2. The second-order valence-electron chi connectivity index (χ2n) is 13.3. The third-order valence-corrected chi connectivity index (χ3v) is 7.34. The molecule has 5 rings (SSSR count). The second-order valence-corrected chi connectivity index (χ2v) is 13.3. The largest absolute Gasteiger partial charge is 0.443 e. The molecule has 2 aliphatic carbocycles. The Kier molecular flexibility index (Phi) is 10.1. The average molecular weight is 600 g/mol. The number of carbonyl (C=O) groups excluding carboxylic acids is 3. The van der Waals surface area contributed by atoms with Gasteiger partial charge in [0.05, 0.1) is 17.8 Å². The molecule has 1 aromatic carbocycles. The maximum Gasteiger partial charge on any atom is 0.420 e. The maximum atomic E-state index is 13.1. The summed E-state index contributed by atoms with van der Waals surface area (Å²) in [5, 5.41) is 0. The molecule has 44 heavy (non-hydrogen) atoms. The third-order valence-electron chi connectivity index (χ3n) is 7.34. The zero-order valence-electron chi connectivity index (χ0n) is 27.1. The Labute approximate surface area is 261 Å².